The quantitative estimate of drug-likeness (QED) is 0.610. The van der Waals surface area contributed by atoms with E-state index in [9.17, 15) is 0 Å². The van der Waals surface area contributed by atoms with Gasteiger partial charge in [0.2, 0.25) is 0 Å². The Labute approximate surface area is 108 Å². The van der Waals surface area contributed by atoms with Gasteiger partial charge in [-0.1, -0.05) is 0 Å². The summed E-state index contributed by atoms with van der Waals surface area (Å²) in [4.78, 5) is 5.69. The van der Waals surface area contributed by atoms with Crippen molar-refractivity contribution in [2.45, 2.75) is 0 Å². The molecule has 0 bridgehead atoms. The molecule has 0 aliphatic rings. The maximum absolute atomic E-state index is 4.42. The Hall–Kier alpha value is -1.02. The van der Waals surface area contributed by atoms with E-state index < -0.39 is 0 Å². The summed E-state index contributed by atoms with van der Waals surface area (Å²) in [6, 6.07) is 14.6. The summed E-state index contributed by atoms with van der Waals surface area (Å²) in [5.41, 5.74) is 1.07. The normalized spacial score (nSPS) is 10.9. The molecule has 3 rings (SSSR count). The van der Waals surface area contributed by atoms with Crippen LogP contribution in [0.2, 0.25) is 0 Å². The number of hydrogen-bond donors (Lipinski definition) is 0. The fourth-order valence-electron chi connectivity index (χ4n) is 1.66. The van der Waals surface area contributed by atoms with Gasteiger partial charge in [0.1, 0.15) is 0 Å². The van der Waals surface area contributed by atoms with Crippen molar-refractivity contribution < 1.29 is 18.9 Å². The third-order valence-electron chi connectivity index (χ3n) is 2.41. The maximum atomic E-state index is 4.42. The molecule has 0 spiro atoms. The van der Waals surface area contributed by atoms with Gasteiger partial charge in [0.15, 0.2) is 0 Å². The number of nitrogens with zero attached hydrogens (tertiary/aromatic N) is 1. The van der Waals surface area contributed by atoms with Crippen LogP contribution in [0.15, 0.2) is 48.7 Å². The standard InChI is InChI=1S/C13H8NS.Ir/c1-2-7-12-10(5-1)9-13(15-12)11-6-3-4-8-14-11;/h1-8H;. The first-order valence-corrected chi connectivity index (χ1v) is 6.94. The molecule has 2 aromatic heterocycles. The first-order chi connectivity index (χ1) is 7.86. The number of benzene rings is 1. The Morgan fingerprint density at radius 1 is 1.00 bits per heavy atom. The summed E-state index contributed by atoms with van der Waals surface area (Å²) >= 11 is 3.98. The van der Waals surface area contributed by atoms with E-state index in [2.05, 4.69) is 54.2 Å². The van der Waals surface area contributed by atoms with Crippen molar-refractivity contribution in [3.8, 4) is 10.6 Å². The van der Waals surface area contributed by atoms with E-state index in [4.69, 9.17) is 0 Å². The molecule has 16 heavy (non-hydrogen) atoms. The van der Waals surface area contributed by atoms with Gasteiger partial charge < -0.3 is 0 Å². The van der Waals surface area contributed by atoms with Gasteiger partial charge in [0, 0.05) is 0 Å². The van der Waals surface area contributed by atoms with E-state index in [1.165, 1.54) is 19.0 Å². The summed E-state index contributed by atoms with van der Waals surface area (Å²) < 4.78 is 2.67. The van der Waals surface area contributed by atoms with Gasteiger partial charge in [-0.05, 0) is 0 Å². The minimum atomic E-state index is 1.07. The minimum absolute atomic E-state index is 1.07. The Kier molecular flexibility index (Phi) is 2.60. The van der Waals surface area contributed by atoms with Crippen molar-refractivity contribution in [3.63, 3.8) is 0 Å². The number of pyridine rings is 1. The van der Waals surface area contributed by atoms with E-state index >= 15 is 0 Å². The zero-order valence-electron chi connectivity index (χ0n) is 8.31. The molecule has 0 fully saturated rings. The second kappa shape index (κ2) is 4.10. The van der Waals surface area contributed by atoms with Crippen molar-refractivity contribution in [2.24, 2.45) is 0 Å². The molecule has 0 radical (unpaired) electrons. The van der Waals surface area contributed by atoms with Crippen LogP contribution in [0.25, 0.3) is 20.7 Å². The predicted octanol–water partition coefficient (Wildman–Crippen LogP) is 3.14. The van der Waals surface area contributed by atoms with Crippen molar-refractivity contribution in [1.82, 2.24) is 4.98 Å². The number of hydrogen-bond acceptors (Lipinski definition) is 2. The van der Waals surface area contributed by atoms with Crippen molar-refractivity contribution in [3.05, 3.63) is 48.7 Å². The fourth-order valence-corrected chi connectivity index (χ4v) is 4.12. The van der Waals surface area contributed by atoms with E-state index in [0.717, 1.165) is 5.69 Å². The van der Waals surface area contributed by atoms with Crippen LogP contribution in [-0.4, -0.2) is 4.98 Å². The van der Waals surface area contributed by atoms with Gasteiger partial charge in [0.25, 0.3) is 0 Å². The van der Waals surface area contributed by atoms with Gasteiger partial charge in [-0.2, -0.15) is 0 Å². The Morgan fingerprint density at radius 2 is 1.81 bits per heavy atom. The molecular formula is C13H8IrNS. The summed E-state index contributed by atoms with van der Waals surface area (Å²) in [7, 11) is 0. The molecule has 3 aromatic rings. The molecule has 3 heteroatoms. The molecule has 80 valence electrons. The van der Waals surface area contributed by atoms with E-state index in [1.807, 2.05) is 29.7 Å². The summed E-state index contributed by atoms with van der Waals surface area (Å²) in [5, 5.41) is 1.34. The van der Waals surface area contributed by atoms with Gasteiger partial charge >= 0.3 is 109 Å². The third kappa shape index (κ3) is 1.61. The number of aromatic nitrogens is 1. The van der Waals surface area contributed by atoms with Crippen LogP contribution in [0.4, 0.5) is 0 Å². The zero-order chi connectivity index (χ0) is 11.0. The molecule has 0 aliphatic heterocycles. The molecule has 0 saturated carbocycles. The van der Waals surface area contributed by atoms with Gasteiger partial charge in [-0.3, -0.25) is 0 Å². The number of fused-ring (bicyclic) bond motifs is 1. The molecule has 1 aromatic carbocycles. The summed E-state index contributed by atoms with van der Waals surface area (Å²) in [6.07, 6.45) is 1.85. The van der Waals surface area contributed by atoms with Crippen LogP contribution in [0.3, 0.4) is 0 Å². The number of rotatable bonds is 1. The van der Waals surface area contributed by atoms with Crippen LogP contribution in [-0.2, 0) is 18.9 Å². The molecule has 0 aliphatic carbocycles. The van der Waals surface area contributed by atoms with Crippen molar-refractivity contribution in [1.29, 1.82) is 0 Å². The Balaban J connectivity index is 2.29. The van der Waals surface area contributed by atoms with E-state index in [-0.39, 0.29) is 0 Å². The number of thiophene rings is 1. The van der Waals surface area contributed by atoms with Crippen molar-refractivity contribution in [2.75, 3.05) is 0 Å². The predicted molar refractivity (Wildman–Crippen MR) is 64.7 cm³/mol. The Morgan fingerprint density at radius 3 is 2.56 bits per heavy atom. The average Bonchev–Trinajstić information content (AvgIpc) is 2.69. The molecular weight excluding hydrogens is 394 g/mol. The molecule has 0 atom stereocenters. The second-order valence-electron chi connectivity index (χ2n) is 3.43. The first-order valence-electron chi connectivity index (χ1n) is 4.92. The zero-order valence-corrected chi connectivity index (χ0v) is 11.5. The SMILES string of the molecule is [Ir][c]1c(-c2ccccn2)sc2ccccc12. The fraction of sp³-hybridized carbons (Fsp3) is 0. The van der Waals surface area contributed by atoms with Crippen molar-refractivity contribution >= 4 is 25.5 Å². The molecule has 0 N–H and O–H groups in total. The van der Waals surface area contributed by atoms with Gasteiger partial charge in [0.05, 0.1) is 0 Å². The molecule has 1 nitrogen and oxygen atoms in total. The van der Waals surface area contributed by atoms with Crippen LogP contribution in [0.5, 0.6) is 0 Å². The monoisotopic (exact) mass is 403 g/mol. The summed E-state index contributed by atoms with van der Waals surface area (Å²) in [5.74, 6) is 0. The van der Waals surface area contributed by atoms with Gasteiger partial charge in [-0.15, -0.1) is 0 Å². The molecule has 0 unspecified atom stereocenters. The van der Waals surface area contributed by atoms with E-state index in [0.29, 0.717) is 0 Å². The first kappa shape index (κ1) is 10.2. The molecule has 0 amide bonds. The average molecular weight is 402 g/mol. The molecule has 0 saturated heterocycles. The third-order valence-corrected chi connectivity index (χ3v) is 5.25. The van der Waals surface area contributed by atoms with Crippen LogP contribution in [0.1, 0.15) is 0 Å². The second-order valence-corrected chi connectivity index (χ2v) is 5.68. The Bertz CT molecular complexity index is 631. The van der Waals surface area contributed by atoms with Crippen LogP contribution < -0.4 is 4.08 Å². The summed E-state index contributed by atoms with van der Waals surface area (Å²) in [6.45, 7) is 0. The van der Waals surface area contributed by atoms with E-state index in [1.54, 1.807) is 0 Å². The topological polar surface area (TPSA) is 12.9 Å². The van der Waals surface area contributed by atoms with Crippen LogP contribution in [0, 0.1) is 0 Å². The van der Waals surface area contributed by atoms with Crippen LogP contribution >= 0.6 is 11.3 Å². The molecule has 2 heterocycles. The van der Waals surface area contributed by atoms with Gasteiger partial charge in [-0.25, -0.2) is 0 Å².